The summed E-state index contributed by atoms with van der Waals surface area (Å²) in [4.78, 5) is 11.0. The normalized spacial score (nSPS) is 17.6. The standard InChI is InChI=1S/C9H8Cl2N2O2/c10-4-8(14)13-9-12-6-3-5(11)1-2-7(6)15-9/h1-3,9,12H,4H2,(H,13,14). The molecule has 1 atom stereocenters. The fourth-order valence-electron chi connectivity index (χ4n) is 1.27. The second-order valence-electron chi connectivity index (χ2n) is 2.98. The Kier molecular flexibility index (Phi) is 2.88. The minimum absolute atomic E-state index is 0.0986. The number of fused-ring (bicyclic) bond motifs is 1. The van der Waals surface area contributed by atoms with E-state index < -0.39 is 6.35 Å². The predicted molar refractivity (Wildman–Crippen MR) is 58.4 cm³/mol. The number of hydrogen-bond acceptors (Lipinski definition) is 3. The molecule has 80 valence electrons. The summed E-state index contributed by atoms with van der Waals surface area (Å²) in [5.74, 6) is 0.255. The molecule has 0 bridgehead atoms. The highest BCUT2D eigenvalue weighted by Crippen LogP contribution is 2.33. The van der Waals surface area contributed by atoms with Crippen molar-refractivity contribution in [2.24, 2.45) is 0 Å². The molecule has 1 aromatic rings. The van der Waals surface area contributed by atoms with E-state index in [9.17, 15) is 4.79 Å². The Balaban J connectivity index is 2.06. The largest absolute Gasteiger partial charge is 0.450 e. The monoisotopic (exact) mass is 246 g/mol. The van der Waals surface area contributed by atoms with Crippen LogP contribution in [-0.4, -0.2) is 18.1 Å². The van der Waals surface area contributed by atoms with Crippen LogP contribution in [-0.2, 0) is 4.79 Å². The van der Waals surface area contributed by atoms with Crippen LogP contribution in [0.3, 0.4) is 0 Å². The van der Waals surface area contributed by atoms with Crippen molar-refractivity contribution in [3.8, 4) is 5.75 Å². The maximum absolute atomic E-state index is 11.0. The third-order valence-corrected chi connectivity index (χ3v) is 2.36. The van der Waals surface area contributed by atoms with E-state index in [1.807, 2.05) is 0 Å². The fraction of sp³-hybridized carbons (Fsp3) is 0.222. The molecule has 15 heavy (non-hydrogen) atoms. The van der Waals surface area contributed by atoms with Gasteiger partial charge >= 0.3 is 0 Å². The second-order valence-corrected chi connectivity index (χ2v) is 3.69. The van der Waals surface area contributed by atoms with E-state index in [-0.39, 0.29) is 11.8 Å². The van der Waals surface area contributed by atoms with Crippen molar-refractivity contribution in [1.82, 2.24) is 5.32 Å². The number of halogens is 2. The van der Waals surface area contributed by atoms with Crippen LogP contribution >= 0.6 is 23.2 Å². The number of carbonyl (C=O) groups is 1. The van der Waals surface area contributed by atoms with Gasteiger partial charge in [0, 0.05) is 5.02 Å². The van der Waals surface area contributed by atoms with Gasteiger partial charge in [0.25, 0.3) is 6.35 Å². The Hall–Kier alpha value is -1.13. The van der Waals surface area contributed by atoms with Crippen LogP contribution in [0.2, 0.25) is 5.02 Å². The smallest absolute Gasteiger partial charge is 0.251 e. The minimum atomic E-state index is -0.579. The summed E-state index contributed by atoms with van der Waals surface area (Å²) in [5, 5.41) is 6.10. The van der Waals surface area contributed by atoms with Gasteiger partial charge in [-0.05, 0) is 18.2 Å². The van der Waals surface area contributed by atoms with Crippen molar-refractivity contribution in [2.75, 3.05) is 11.2 Å². The van der Waals surface area contributed by atoms with Crippen molar-refractivity contribution >= 4 is 34.8 Å². The van der Waals surface area contributed by atoms with Crippen LogP contribution in [0.5, 0.6) is 5.75 Å². The van der Waals surface area contributed by atoms with Gasteiger partial charge in [-0.25, -0.2) is 0 Å². The summed E-state index contributed by atoms with van der Waals surface area (Å²) in [7, 11) is 0. The van der Waals surface area contributed by atoms with Crippen LogP contribution in [0.15, 0.2) is 18.2 Å². The van der Waals surface area contributed by atoms with E-state index in [0.29, 0.717) is 10.8 Å². The predicted octanol–water partition coefficient (Wildman–Crippen LogP) is 1.78. The summed E-state index contributed by atoms with van der Waals surface area (Å²) in [6.45, 7) is 0. The SMILES string of the molecule is O=C(CCl)NC1Nc2cc(Cl)ccc2O1. The Morgan fingerprint density at radius 3 is 3.13 bits per heavy atom. The lowest BCUT2D eigenvalue weighted by Crippen LogP contribution is -2.42. The van der Waals surface area contributed by atoms with Crippen LogP contribution in [0.4, 0.5) is 5.69 Å². The molecule has 6 heteroatoms. The molecular formula is C9H8Cl2N2O2. The molecule has 0 saturated carbocycles. The summed E-state index contributed by atoms with van der Waals surface area (Å²) >= 11 is 11.2. The Bertz CT molecular complexity index is 398. The summed E-state index contributed by atoms with van der Waals surface area (Å²) in [6.07, 6.45) is -0.579. The quantitative estimate of drug-likeness (QED) is 0.783. The van der Waals surface area contributed by atoms with Gasteiger partial charge in [-0.3, -0.25) is 4.79 Å². The maximum atomic E-state index is 11.0. The first-order valence-corrected chi connectivity index (χ1v) is 5.18. The average molecular weight is 247 g/mol. The highest BCUT2D eigenvalue weighted by molar-refractivity contribution is 6.31. The minimum Gasteiger partial charge on any atom is -0.450 e. The van der Waals surface area contributed by atoms with Crippen molar-refractivity contribution in [2.45, 2.75) is 6.35 Å². The van der Waals surface area contributed by atoms with E-state index in [4.69, 9.17) is 27.9 Å². The third-order valence-electron chi connectivity index (χ3n) is 1.89. The number of nitrogens with one attached hydrogen (secondary N) is 2. The van der Waals surface area contributed by atoms with E-state index in [2.05, 4.69) is 10.6 Å². The Morgan fingerprint density at radius 1 is 1.60 bits per heavy atom. The van der Waals surface area contributed by atoms with Crippen LogP contribution in [0, 0.1) is 0 Å². The van der Waals surface area contributed by atoms with Gasteiger partial charge in [0.2, 0.25) is 5.91 Å². The highest BCUT2D eigenvalue weighted by Gasteiger charge is 2.22. The zero-order valence-corrected chi connectivity index (χ0v) is 9.10. The fourth-order valence-corrected chi connectivity index (χ4v) is 1.52. The first kappa shape index (κ1) is 10.4. The van der Waals surface area contributed by atoms with Gasteiger partial charge in [-0.2, -0.15) is 0 Å². The van der Waals surface area contributed by atoms with Crippen LogP contribution in [0.1, 0.15) is 0 Å². The molecule has 1 aromatic carbocycles. The Morgan fingerprint density at radius 2 is 2.40 bits per heavy atom. The van der Waals surface area contributed by atoms with Crippen LogP contribution < -0.4 is 15.4 Å². The zero-order chi connectivity index (χ0) is 10.8. The molecule has 1 heterocycles. The molecule has 1 aliphatic heterocycles. The van der Waals surface area contributed by atoms with E-state index in [1.165, 1.54) is 0 Å². The van der Waals surface area contributed by atoms with Crippen molar-refractivity contribution in [1.29, 1.82) is 0 Å². The number of benzene rings is 1. The first-order valence-electron chi connectivity index (χ1n) is 4.27. The molecule has 1 amide bonds. The molecule has 0 aliphatic carbocycles. The number of hydrogen-bond donors (Lipinski definition) is 2. The average Bonchev–Trinajstić information content (AvgIpc) is 2.59. The summed E-state index contributed by atoms with van der Waals surface area (Å²) < 4.78 is 5.37. The molecule has 0 fully saturated rings. The van der Waals surface area contributed by atoms with Crippen molar-refractivity contribution in [3.63, 3.8) is 0 Å². The molecule has 0 aromatic heterocycles. The van der Waals surface area contributed by atoms with Gasteiger partial charge in [0.05, 0.1) is 5.69 Å². The number of alkyl halides is 1. The zero-order valence-electron chi connectivity index (χ0n) is 7.59. The molecule has 4 nitrogen and oxygen atoms in total. The number of ether oxygens (including phenoxy) is 1. The van der Waals surface area contributed by atoms with Gasteiger partial charge in [-0.1, -0.05) is 11.6 Å². The molecule has 2 rings (SSSR count). The summed E-state index contributed by atoms with van der Waals surface area (Å²) in [5.41, 5.74) is 0.752. The lowest BCUT2D eigenvalue weighted by molar-refractivity contribution is -0.120. The highest BCUT2D eigenvalue weighted by atomic mass is 35.5. The molecule has 0 radical (unpaired) electrons. The van der Waals surface area contributed by atoms with Gasteiger partial charge in [0.1, 0.15) is 11.6 Å². The van der Waals surface area contributed by atoms with E-state index >= 15 is 0 Å². The van der Waals surface area contributed by atoms with E-state index in [1.54, 1.807) is 18.2 Å². The van der Waals surface area contributed by atoms with Crippen molar-refractivity contribution in [3.05, 3.63) is 23.2 Å². The van der Waals surface area contributed by atoms with Gasteiger partial charge in [0.15, 0.2) is 0 Å². The van der Waals surface area contributed by atoms with Crippen LogP contribution in [0.25, 0.3) is 0 Å². The molecule has 0 saturated heterocycles. The lowest BCUT2D eigenvalue weighted by Gasteiger charge is -2.11. The maximum Gasteiger partial charge on any atom is 0.251 e. The van der Waals surface area contributed by atoms with Crippen molar-refractivity contribution < 1.29 is 9.53 Å². The number of amides is 1. The first-order chi connectivity index (χ1) is 7.19. The van der Waals surface area contributed by atoms with Gasteiger partial charge in [-0.15, -0.1) is 11.6 Å². The second kappa shape index (κ2) is 4.16. The number of anilines is 1. The molecule has 1 unspecified atom stereocenters. The number of rotatable bonds is 2. The Labute approximate surface area is 96.5 Å². The topological polar surface area (TPSA) is 50.4 Å². The molecule has 0 spiro atoms. The molecule has 2 N–H and O–H groups in total. The lowest BCUT2D eigenvalue weighted by atomic mass is 10.3. The molecular weight excluding hydrogens is 239 g/mol. The van der Waals surface area contributed by atoms with Gasteiger partial charge < -0.3 is 15.4 Å². The summed E-state index contributed by atoms with van der Waals surface area (Å²) in [6, 6.07) is 5.18. The third kappa shape index (κ3) is 2.27. The number of carbonyl (C=O) groups excluding carboxylic acids is 1. The molecule has 1 aliphatic rings. The van der Waals surface area contributed by atoms with E-state index in [0.717, 1.165) is 5.69 Å².